The molecule has 0 radical (unpaired) electrons. The molecule has 4 aromatic rings. The van der Waals surface area contributed by atoms with E-state index in [9.17, 15) is 25.1 Å². The number of aliphatic hydroxyl groups is 2. The zero-order valence-electron chi connectivity index (χ0n) is 38.1. The van der Waals surface area contributed by atoms with Gasteiger partial charge in [0.05, 0.1) is 29.8 Å². The predicted octanol–water partition coefficient (Wildman–Crippen LogP) is 10.4. The van der Waals surface area contributed by atoms with Gasteiger partial charge in [0.15, 0.2) is 0 Å². The summed E-state index contributed by atoms with van der Waals surface area (Å²) in [6.45, 7) is 4.89. The highest BCUT2D eigenvalue weighted by atomic mass is 16.8. The number of aliphatic hydroxyl groups excluding tert-OH is 2. The quantitative estimate of drug-likeness (QED) is 0.0287. The summed E-state index contributed by atoms with van der Waals surface area (Å²) in [7, 11) is 1.73. The van der Waals surface area contributed by atoms with E-state index in [-0.39, 0.29) is 55.6 Å². The Morgan fingerprint density at radius 2 is 1.67 bits per heavy atom. The van der Waals surface area contributed by atoms with E-state index in [0.717, 1.165) is 60.8 Å². The Morgan fingerprint density at radius 1 is 0.940 bits per heavy atom. The number of ether oxygens (including phenoxy) is 4. The Balaban J connectivity index is 1.25. The molecule has 0 spiro atoms. The summed E-state index contributed by atoms with van der Waals surface area (Å²) in [6, 6.07) is 29.4. The van der Waals surface area contributed by atoms with Gasteiger partial charge in [-0.05, 0) is 121 Å². The molecule has 1 amide bonds. The number of carbonyl (C=O) groups is 1. The first kappa shape index (κ1) is 47.4. The number of unbranched alkanes of at least 4 members (excludes halogenated alkanes) is 2. The highest BCUT2D eigenvalue weighted by Gasteiger charge is 2.65. The fourth-order valence-corrected chi connectivity index (χ4v) is 10.3. The molecule has 1 saturated carbocycles. The first-order chi connectivity index (χ1) is 32.7. The molecular formula is C54H61N3O10. The molecule has 2 heterocycles. The molecule has 4 aromatic carbocycles. The van der Waals surface area contributed by atoms with Gasteiger partial charge >= 0.3 is 0 Å². The summed E-state index contributed by atoms with van der Waals surface area (Å²) in [5, 5.41) is 36.2. The van der Waals surface area contributed by atoms with Gasteiger partial charge in [0.25, 0.3) is 5.69 Å². The number of nitrogens with zero attached hydrogens (tertiary/aromatic N) is 3. The van der Waals surface area contributed by atoms with Gasteiger partial charge in [-0.15, -0.1) is 6.58 Å². The lowest BCUT2D eigenvalue weighted by Gasteiger charge is -2.59. The van der Waals surface area contributed by atoms with Crippen molar-refractivity contribution in [3.8, 4) is 28.4 Å². The normalized spacial score (nSPS) is 24.8. The number of nitro benzene ring substituents is 1. The van der Waals surface area contributed by atoms with E-state index in [1.807, 2.05) is 54.6 Å². The molecule has 13 heteroatoms. The number of nitro groups is 1. The second-order valence-electron chi connectivity index (χ2n) is 17.8. The molecule has 7 atom stereocenters. The van der Waals surface area contributed by atoms with E-state index in [0.29, 0.717) is 54.4 Å². The average molecular weight is 912 g/mol. The van der Waals surface area contributed by atoms with Gasteiger partial charge in [-0.1, -0.05) is 72.6 Å². The Hall–Kier alpha value is -6.12. The summed E-state index contributed by atoms with van der Waals surface area (Å²) < 4.78 is 26.9. The molecule has 67 heavy (non-hydrogen) atoms. The van der Waals surface area contributed by atoms with Crippen LogP contribution >= 0.6 is 0 Å². The number of oxime groups is 1. The number of amides is 1. The number of hydrogen-bond donors (Lipinski definition) is 2. The highest BCUT2D eigenvalue weighted by molar-refractivity contribution is 6.03. The van der Waals surface area contributed by atoms with E-state index in [1.54, 1.807) is 36.2 Å². The lowest BCUT2D eigenvalue weighted by molar-refractivity contribution is -0.384. The van der Waals surface area contributed by atoms with Crippen molar-refractivity contribution in [2.75, 3.05) is 33.5 Å². The number of likely N-dealkylation sites (N-methyl/N-ethyl adjacent to an activating group) is 1. The first-order valence-corrected chi connectivity index (χ1v) is 23.6. The van der Waals surface area contributed by atoms with Crippen molar-refractivity contribution >= 4 is 23.4 Å². The SMILES string of the molecule is C=CCO[C@@]12Oc3ccc(Oc4ccc(-c5ccccc5)cc4)cc3[C@H]3[C@H](CCCCO)[C@@H](CCCCO)C=C(C(=NOC4CCCCO4)C[C@@H]1N(C)C(=O)C=Cc1ccc([N+](=O)[O-])cc1)[C@H]32. The molecule has 2 aliphatic heterocycles. The van der Waals surface area contributed by atoms with Crippen molar-refractivity contribution in [3.63, 3.8) is 0 Å². The lowest BCUT2D eigenvalue weighted by Crippen LogP contribution is -2.69. The van der Waals surface area contributed by atoms with Crippen LogP contribution in [0.5, 0.6) is 17.2 Å². The molecule has 8 rings (SSSR count). The van der Waals surface area contributed by atoms with Crippen molar-refractivity contribution in [2.24, 2.45) is 22.9 Å². The van der Waals surface area contributed by atoms with Crippen LogP contribution in [0.25, 0.3) is 17.2 Å². The Bertz CT molecular complexity index is 2410. The fraction of sp³-hybridized carbons (Fsp3) is 0.407. The second-order valence-corrected chi connectivity index (χ2v) is 17.8. The van der Waals surface area contributed by atoms with Crippen LogP contribution in [0, 0.1) is 27.9 Å². The van der Waals surface area contributed by atoms with Crippen LogP contribution in [0.2, 0.25) is 0 Å². The number of hydrogen-bond acceptors (Lipinski definition) is 11. The molecule has 0 bridgehead atoms. The lowest BCUT2D eigenvalue weighted by atomic mass is 9.55. The molecule has 352 valence electrons. The van der Waals surface area contributed by atoms with Crippen LogP contribution in [0.1, 0.15) is 81.3 Å². The van der Waals surface area contributed by atoms with Crippen molar-refractivity contribution in [3.05, 3.63) is 149 Å². The largest absolute Gasteiger partial charge is 0.459 e. The number of non-ortho nitro benzene ring substituents is 1. The minimum Gasteiger partial charge on any atom is -0.459 e. The highest BCUT2D eigenvalue weighted by Crippen LogP contribution is 2.62. The third-order valence-electron chi connectivity index (χ3n) is 13.6. The van der Waals surface area contributed by atoms with Gasteiger partial charge in [-0.2, -0.15) is 0 Å². The molecule has 1 unspecified atom stereocenters. The standard InChI is InChI=1S/C54H61N3O10/c1-3-32-64-54-49(56(2)50(60)29-20-37-18-23-41(24-19-37)57(61)62)36-47(55-67-51-17-9-12-33-63-51)45-34-40(15-7-10-30-58)44(16-8-11-31-59)52(53(45)54)46-35-43(27-28-48(46)66-54)65-42-25-21-39(22-26-42)38-13-5-4-6-14-38/h3-6,13-14,18-29,34-35,40,44,49,51-53,58-59H,1,7-12,15-17,30-33,36H2,2H3/t40-,44+,49-,51?,52+,53+,54+/m0/s1. The minimum atomic E-state index is -1.44. The summed E-state index contributed by atoms with van der Waals surface area (Å²) in [5.41, 5.74) is 5.31. The smallest absolute Gasteiger partial charge is 0.269 e. The maximum Gasteiger partial charge on any atom is 0.269 e. The van der Waals surface area contributed by atoms with Gasteiger partial charge in [-0.25, -0.2) is 0 Å². The summed E-state index contributed by atoms with van der Waals surface area (Å²) in [5.74, 6) is -0.511. The predicted molar refractivity (Wildman–Crippen MR) is 256 cm³/mol. The van der Waals surface area contributed by atoms with Gasteiger partial charge in [0.1, 0.15) is 23.3 Å². The minimum absolute atomic E-state index is 0.0272. The molecule has 1 saturated heterocycles. The number of benzene rings is 4. The van der Waals surface area contributed by atoms with Crippen molar-refractivity contribution < 1.29 is 43.7 Å². The molecule has 2 fully saturated rings. The van der Waals surface area contributed by atoms with Gasteiger partial charge in [-0.3, -0.25) is 14.9 Å². The van der Waals surface area contributed by atoms with E-state index >= 15 is 0 Å². The van der Waals surface area contributed by atoms with Crippen LogP contribution in [0.15, 0.2) is 133 Å². The maximum absolute atomic E-state index is 14.5. The molecule has 0 aromatic heterocycles. The second kappa shape index (κ2) is 22.1. The summed E-state index contributed by atoms with van der Waals surface area (Å²) >= 11 is 0. The van der Waals surface area contributed by atoms with E-state index in [2.05, 4.69) is 30.9 Å². The van der Waals surface area contributed by atoms with Crippen molar-refractivity contribution in [2.45, 2.75) is 88.2 Å². The number of fused-ring (bicyclic) bond motifs is 2. The number of rotatable bonds is 20. The third kappa shape index (κ3) is 10.7. The summed E-state index contributed by atoms with van der Waals surface area (Å²) in [6.07, 6.45) is 13.9. The van der Waals surface area contributed by atoms with E-state index < -0.39 is 29.0 Å². The van der Waals surface area contributed by atoms with Gasteiger partial charge in [0, 0.05) is 62.8 Å². The van der Waals surface area contributed by atoms with Crippen LogP contribution < -0.4 is 9.47 Å². The maximum atomic E-state index is 14.5. The van der Waals surface area contributed by atoms with Gasteiger partial charge in [0.2, 0.25) is 18.0 Å². The van der Waals surface area contributed by atoms with Crippen LogP contribution in [-0.4, -0.2) is 83.2 Å². The van der Waals surface area contributed by atoms with Crippen molar-refractivity contribution in [1.29, 1.82) is 0 Å². The Labute approximate surface area is 392 Å². The van der Waals surface area contributed by atoms with Crippen LogP contribution in [0.4, 0.5) is 5.69 Å². The Kier molecular flexibility index (Phi) is 15.6. The monoisotopic (exact) mass is 911 g/mol. The van der Waals surface area contributed by atoms with Crippen LogP contribution in [0.3, 0.4) is 0 Å². The zero-order valence-corrected chi connectivity index (χ0v) is 38.1. The third-order valence-corrected chi connectivity index (χ3v) is 13.6. The molecule has 13 nitrogen and oxygen atoms in total. The van der Waals surface area contributed by atoms with Gasteiger partial charge < -0.3 is 38.9 Å². The summed E-state index contributed by atoms with van der Waals surface area (Å²) in [4.78, 5) is 33.2. The average Bonchev–Trinajstić information content (AvgIpc) is 3.36. The first-order valence-electron chi connectivity index (χ1n) is 23.6. The van der Waals surface area contributed by atoms with E-state index in [4.69, 9.17) is 28.9 Å². The van der Waals surface area contributed by atoms with Crippen molar-refractivity contribution in [1.82, 2.24) is 4.90 Å². The van der Waals surface area contributed by atoms with E-state index in [1.165, 1.54) is 18.2 Å². The Morgan fingerprint density at radius 3 is 2.37 bits per heavy atom. The topological polar surface area (TPSA) is 162 Å². The number of allylic oxidation sites excluding steroid dienone is 1. The molecular weight excluding hydrogens is 851 g/mol. The number of carbonyl (C=O) groups excluding carboxylic acids is 1. The van der Waals surface area contributed by atoms with Crippen LogP contribution in [-0.2, 0) is 19.1 Å². The zero-order chi connectivity index (χ0) is 46.8. The molecule has 2 N–H and O–H groups in total. The molecule has 2 aliphatic carbocycles. The fourth-order valence-electron chi connectivity index (χ4n) is 10.3. The molecule has 4 aliphatic rings.